The van der Waals surface area contributed by atoms with E-state index in [4.69, 9.17) is 9.72 Å². The number of nitrogens with zero attached hydrogens (tertiary/aromatic N) is 2. The Labute approximate surface area is 157 Å². The van der Waals surface area contributed by atoms with Crippen molar-refractivity contribution in [2.75, 3.05) is 6.61 Å². The number of thioether (sulfide) groups is 1. The van der Waals surface area contributed by atoms with Crippen LogP contribution in [0, 0.1) is 6.92 Å². The molecule has 0 radical (unpaired) electrons. The average molecular weight is 366 g/mol. The predicted octanol–water partition coefficient (Wildman–Crippen LogP) is 4.18. The van der Waals surface area contributed by atoms with Gasteiger partial charge in [-0.3, -0.25) is 9.36 Å². The third-order valence-corrected chi connectivity index (χ3v) is 5.77. The van der Waals surface area contributed by atoms with Crippen LogP contribution in [0.4, 0.5) is 0 Å². The fourth-order valence-electron chi connectivity index (χ4n) is 3.24. The summed E-state index contributed by atoms with van der Waals surface area (Å²) in [6.45, 7) is 3.44. The van der Waals surface area contributed by atoms with Crippen LogP contribution in [-0.2, 0) is 17.0 Å². The summed E-state index contributed by atoms with van der Waals surface area (Å²) in [7, 11) is 0. The highest BCUT2D eigenvalue weighted by Crippen LogP contribution is 2.24. The minimum atomic E-state index is 0.0255. The van der Waals surface area contributed by atoms with Gasteiger partial charge in [-0.1, -0.05) is 53.7 Å². The Bertz CT molecular complexity index is 960. The molecule has 0 N–H and O–H groups in total. The summed E-state index contributed by atoms with van der Waals surface area (Å²) in [6, 6.07) is 16.1. The van der Waals surface area contributed by atoms with Crippen LogP contribution in [0.5, 0.6) is 0 Å². The molecule has 1 saturated heterocycles. The highest BCUT2D eigenvalue weighted by Gasteiger charge is 2.20. The summed E-state index contributed by atoms with van der Waals surface area (Å²) in [5.41, 5.74) is 3.26. The van der Waals surface area contributed by atoms with Crippen molar-refractivity contribution in [3.63, 3.8) is 0 Å². The van der Waals surface area contributed by atoms with Gasteiger partial charge in [-0.15, -0.1) is 0 Å². The molecule has 1 aliphatic rings. The van der Waals surface area contributed by atoms with E-state index >= 15 is 0 Å². The SMILES string of the molecule is Cc1ccc(CSc2nc3ccccc3c(=O)n2CC2CCCO2)cc1. The highest BCUT2D eigenvalue weighted by molar-refractivity contribution is 7.98. The number of rotatable bonds is 5. The molecule has 3 aromatic rings. The lowest BCUT2D eigenvalue weighted by Gasteiger charge is -2.16. The fourth-order valence-corrected chi connectivity index (χ4v) is 4.21. The Morgan fingerprint density at radius 3 is 2.77 bits per heavy atom. The van der Waals surface area contributed by atoms with E-state index in [2.05, 4.69) is 31.2 Å². The maximum absolute atomic E-state index is 13.0. The zero-order valence-electron chi connectivity index (χ0n) is 14.9. The van der Waals surface area contributed by atoms with Crippen LogP contribution < -0.4 is 5.56 Å². The summed E-state index contributed by atoms with van der Waals surface area (Å²) < 4.78 is 7.56. The van der Waals surface area contributed by atoms with E-state index in [1.807, 2.05) is 24.3 Å². The van der Waals surface area contributed by atoms with Crippen molar-refractivity contribution in [1.29, 1.82) is 0 Å². The smallest absolute Gasteiger partial charge is 0.262 e. The van der Waals surface area contributed by atoms with Crippen LogP contribution in [0.15, 0.2) is 58.5 Å². The van der Waals surface area contributed by atoms with Gasteiger partial charge in [0, 0.05) is 12.4 Å². The van der Waals surface area contributed by atoms with E-state index in [0.717, 1.165) is 35.9 Å². The topological polar surface area (TPSA) is 44.1 Å². The van der Waals surface area contributed by atoms with Gasteiger partial charge in [0.15, 0.2) is 5.16 Å². The number of ether oxygens (including phenoxy) is 1. The standard InChI is InChI=1S/C21H22N2O2S/c1-15-8-10-16(11-9-15)14-26-21-22-19-7-3-2-6-18(19)20(24)23(21)13-17-5-4-12-25-17/h2-3,6-11,17H,4-5,12-14H2,1H3. The zero-order valence-corrected chi connectivity index (χ0v) is 15.7. The molecule has 26 heavy (non-hydrogen) atoms. The van der Waals surface area contributed by atoms with Crippen LogP contribution in [-0.4, -0.2) is 22.3 Å². The molecule has 0 spiro atoms. The largest absolute Gasteiger partial charge is 0.376 e. The second kappa shape index (κ2) is 7.64. The third-order valence-electron chi connectivity index (χ3n) is 4.73. The predicted molar refractivity (Wildman–Crippen MR) is 106 cm³/mol. The first-order valence-electron chi connectivity index (χ1n) is 9.00. The van der Waals surface area contributed by atoms with E-state index in [9.17, 15) is 4.79 Å². The first-order valence-corrected chi connectivity index (χ1v) is 9.99. The molecule has 4 rings (SSSR count). The molecule has 0 bridgehead atoms. The quantitative estimate of drug-likeness (QED) is 0.502. The molecular formula is C21H22N2O2S. The lowest BCUT2D eigenvalue weighted by Crippen LogP contribution is -2.28. The van der Waals surface area contributed by atoms with Crippen LogP contribution in [0.25, 0.3) is 10.9 Å². The van der Waals surface area contributed by atoms with Crippen molar-refractivity contribution in [2.24, 2.45) is 0 Å². The van der Waals surface area contributed by atoms with Crippen molar-refractivity contribution in [1.82, 2.24) is 9.55 Å². The number of fused-ring (bicyclic) bond motifs is 1. The molecule has 2 heterocycles. The van der Waals surface area contributed by atoms with Gasteiger partial charge in [0.1, 0.15) is 0 Å². The Kier molecular flexibility index (Phi) is 5.09. The minimum absolute atomic E-state index is 0.0255. The number of hydrogen-bond donors (Lipinski definition) is 0. The van der Waals surface area contributed by atoms with Crippen molar-refractivity contribution in [2.45, 2.75) is 43.3 Å². The summed E-state index contributed by atoms with van der Waals surface area (Å²) in [5.74, 6) is 0.788. The molecule has 1 fully saturated rings. The highest BCUT2D eigenvalue weighted by atomic mass is 32.2. The molecule has 1 aromatic heterocycles. The molecule has 0 amide bonds. The monoisotopic (exact) mass is 366 g/mol. The molecule has 1 aliphatic heterocycles. The van der Waals surface area contributed by atoms with Gasteiger partial charge in [0.05, 0.1) is 23.6 Å². The number of hydrogen-bond acceptors (Lipinski definition) is 4. The van der Waals surface area contributed by atoms with Crippen molar-refractivity contribution in [3.05, 3.63) is 70.0 Å². The summed E-state index contributed by atoms with van der Waals surface area (Å²) in [6.07, 6.45) is 2.17. The van der Waals surface area contributed by atoms with Gasteiger partial charge in [0.2, 0.25) is 0 Å². The van der Waals surface area contributed by atoms with E-state index in [0.29, 0.717) is 11.9 Å². The van der Waals surface area contributed by atoms with Gasteiger partial charge < -0.3 is 4.74 Å². The molecule has 2 aromatic carbocycles. The number of aromatic nitrogens is 2. The number of benzene rings is 2. The second-order valence-corrected chi connectivity index (χ2v) is 7.68. The van der Waals surface area contributed by atoms with E-state index in [1.165, 1.54) is 11.1 Å². The van der Waals surface area contributed by atoms with Crippen LogP contribution >= 0.6 is 11.8 Å². The van der Waals surface area contributed by atoms with Gasteiger partial charge in [-0.2, -0.15) is 0 Å². The molecule has 0 saturated carbocycles. The third kappa shape index (κ3) is 3.69. The van der Waals surface area contributed by atoms with Crippen molar-refractivity contribution >= 4 is 22.7 Å². The van der Waals surface area contributed by atoms with Crippen LogP contribution in [0.1, 0.15) is 24.0 Å². The van der Waals surface area contributed by atoms with Gasteiger partial charge in [-0.25, -0.2) is 4.98 Å². The Morgan fingerprint density at radius 2 is 2.00 bits per heavy atom. The molecule has 0 aliphatic carbocycles. The molecule has 5 heteroatoms. The minimum Gasteiger partial charge on any atom is -0.376 e. The van der Waals surface area contributed by atoms with Crippen LogP contribution in [0.2, 0.25) is 0 Å². The summed E-state index contributed by atoms with van der Waals surface area (Å²) in [4.78, 5) is 17.8. The van der Waals surface area contributed by atoms with Gasteiger partial charge in [0.25, 0.3) is 5.56 Å². The molecular weight excluding hydrogens is 344 g/mol. The molecule has 1 unspecified atom stereocenters. The average Bonchev–Trinajstić information content (AvgIpc) is 3.17. The van der Waals surface area contributed by atoms with Crippen LogP contribution in [0.3, 0.4) is 0 Å². The molecule has 4 nitrogen and oxygen atoms in total. The Balaban J connectivity index is 1.68. The number of para-hydroxylation sites is 1. The lowest BCUT2D eigenvalue weighted by atomic mass is 10.2. The van der Waals surface area contributed by atoms with E-state index in [1.54, 1.807) is 16.3 Å². The van der Waals surface area contributed by atoms with Crippen molar-refractivity contribution in [3.8, 4) is 0 Å². The first kappa shape index (κ1) is 17.3. The summed E-state index contributed by atoms with van der Waals surface area (Å²) >= 11 is 1.61. The molecule has 134 valence electrons. The van der Waals surface area contributed by atoms with Gasteiger partial charge in [-0.05, 0) is 37.5 Å². The maximum Gasteiger partial charge on any atom is 0.262 e. The normalized spacial score (nSPS) is 17.0. The van der Waals surface area contributed by atoms with E-state index in [-0.39, 0.29) is 11.7 Å². The maximum atomic E-state index is 13.0. The molecule has 1 atom stereocenters. The summed E-state index contributed by atoms with van der Waals surface area (Å²) in [5, 5.41) is 1.44. The Morgan fingerprint density at radius 1 is 1.19 bits per heavy atom. The second-order valence-electron chi connectivity index (χ2n) is 6.74. The van der Waals surface area contributed by atoms with Gasteiger partial charge >= 0.3 is 0 Å². The number of aryl methyl sites for hydroxylation is 1. The van der Waals surface area contributed by atoms with E-state index < -0.39 is 0 Å². The fraction of sp³-hybridized carbons (Fsp3) is 0.333. The first-order chi connectivity index (χ1) is 12.7. The Hall–Kier alpha value is -2.11. The zero-order chi connectivity index (χ0) is 17.9. The van der Waals surface area contributed by atoms with Crippen molar-refractivity contribution < 1.29 is 4.74 Å². The lowest BCUT2D eigenvalue weighted by molar-refractivity contribution is 0.0937.